The van der Waals surface area contributed by atoms with Crippen molar-refractivity contribution >= 4 is 11.9 Å². The highest BCUT2D eigenvalue weighted by atomic mass is 16.5. The molecule has 0 bridgehead atoms. The maximum Gasteiger partial charge on any atom is 0.329 e. The normalized spacial score (nSPS) is 11.3. The van der Waals surface area contributed by atoms with Crippen LogP contribution in [0.1, 0.15) is 13.8 Å². The van der Waals surface area contributed by atoms with Crippen molar-refractivity contribution in [1.29, 1.82) is 0 Å². The standard InChI is InChI=1S/2C6H12O4/c1-5(9-2)3-10-4-6(7)8;1-2-9-3-4-10-5-6(7)8/h5H,3-4H2,1-2H3,(H,7,8);2-5H2,1H3,(H,7,8). The molecule has 0 aliphatic rings. The minimum atomic E-state index is -0.955. The number of hydrogen-bond donors (Lipinski definition) is 2. The van der Waals surface area contributed by atoms with Gasteiger partial charge in [0.2, 0.25) is 0 Å². The molecule has 0 spiro atoms. The highest BCUT2D eigenvalue weighted by Crippen LogP contribution is 1.87. The number of carbonyl (C=O) groups is 2. The van der Waals surface area contributed by atoms with E-state index in [0.29, 0.717) is 26.4 Å². The van der Waals surface area contributed by atoms with Gasteiger partial charge in [-0.2, -0.15) is 0 Å². The third kappa shape index (κ3) is 22.0. The van der Waals surface area contributed by atoms with E-state index in [1.165, 1.54) is 0 Å². The second-order valence-corrected chi connectivity index (χ2v) is 3.60. The minimum absolute atomic E-state index is 0.0423. The first-order chi connectivity index (χ1) is 9.43. The Balaban J connectivity index is 0. The molecule has 0 aliphatic heterocycles. The van der Waals surface area contributed by atoms with Gasteiger partial charge in [0.15, 0.2) is 0 Å². The number of ether oxygens (including phenoxy) is 4. The summed E-state index contributed by atoms with van der Waals surface area (Å²) in [6, 6.07) is 0. The average molecular weight is 296 g/mol. The molecule has 0 fully saturated rings. The summed E-state index contributed by atoms with van der Waals surface area (Å²) in [4.78, 5) is 19.8. The lowest BCUT2D eigenvalue weighted by Crippen LogP contribution is -2.17. The Morgan fingerprint density at radius 3 is 1.95 bits per heavy atom. The van der Waals surface area contributed by atoms with Gasteiger partial charge in [-0.25, -0.2) is 9.59 Å². The van der Waals surface area contributed by atoms with Crippen LogP contribution in [-0.2, 0) is 28.5 Å². The number of rotatable bonds is 11. The van der Waals surface area contributed by atoms with Gasteiger partial charge < -0.3 is 29.2 Å². The molecule has 8 nitrogen and oxygen atoms in total. The van der Waals surface area contributed by atoms with Gasteiger partial charge in [0.25, 0.3) is 0 Å². The van der Waals surface area contributed by atoms with Crippen LogP contribution in [0.2, 0.25) is 0 Å². The van der Waals surface area contributed by atoms with Crippen molar-refractivity contribution in [1.82, 2.24) is 0 Å². The largest absolute Gasteiger partial charge is 0.480 e. The van der Waals surface area contributed by atoms with Crippen molar-refractivity contribution in [2.45, 2.75) is 20.0 Å². The van der Waals surface area contributed by atoms with Gasteiger partial charge in [-0.05, 0) is 13.8 Å². The van der Waals surface area contributed by atoms with Crippen LogP contribution < -0.4 is 0 Å². The average Bonchev–Trinajstić information content (AvgIpc) is 2.38. The lowest BCUT2D eigenvalue weighted by atomic mass is 10.4. The Hall–Kier alpha value is -1.22. The Kier molecular flexibility index (Phi) is 16.7. The summed E-state index contributed by atoms with van der Waals surface area (Å²) in [5.41, 5.74) is 0. The lowest BCUT2D eigenvalue weighted by molar-refractivity contribution is -0.144. The van der Waals surface area contributed by atoms with Crippen molar-refractivity contribution < 1.29 is 38.7 Å². The molecule has 0 amide bonds. The SMILES string of the molecule is CCOCCOCC(=O)O.COC(C)COCC(=O)O. The number of carboxylic acid groups (broad SMARTS) is 2. The highest BCUT2D eigenvalue weighted by Gasteiger charge is 2.00. The minimum Gasteiger partial charge on any atom is -0.480 e. The summed E-state index contributed by atoms with van der Waals surface area (Å²) >= 11 is 0. The van der Waals surface area contributed by atoms with Gasteiger partial charge >= 0.3 is 11.9 Å². The summed E-state index contributed by atoms with van der Waals surface area (Å²) < 4.78 is 19.1. The fourth-order valence-corrected chi connectivity index (χ4v) is 0.802. The van der Waals surface area contributed by atoms with Crippen LogP contribution in [0, 0.1) is 0 Å². The fraction of sp³-hybridized carbons (Fsp3) is 0.833. The van der Waals surface area contributed by atoms with Gasteiger partial charge in [0.05, 0.1) is 25.9 Å². The van der Waals surface area contributed by atoms with Crippen molar-refractivity contribution in [3.63, 3.8) is 0 Å². The summed E-state index contributed by atoms with van der Waals surface area (Å²) in [5, 5.41) is 16.2. The van der Waals surface area contributed by atoms with Gasteiger partial charge in [0, 0.05) is 13.7 Å². The molecule has 1 atom stereocenters. The van der Waals surface area contributed by atoms with E-state index < -0.39 is 11.9 Å². The molecule has 0 radical (unpaired) electrons. The smallest absolute Gasteiger partial charge is 0.329 e. The van der Waals surface area contributed by atoms with Gasteiger partial charge in [-0.15, -0.1) is 0 Å². The number of hydrogen-bond acceptors (Lipinski definition) is 6. The summed E-state index contributed by atoms with van der Waals surface area (Å²) in [6.07, 6.45) is -0.0423. The van der Waals surface area contributed by atoms with Crippen LogP contribution in [0.25, 0.3) is 0 Å². The topological polar surface area (TPSA) is 112 Å². The number of carboxylic acids is 2. The van der Waals surface area contributed by atoms with E-state index in [-0.39, 0.29) is 19.3 Å². The maximum absolute atomic E-state index is 9.90. The molecule has 8 heteroatoms. The van der Waals surface area contributed by atoms with Crippen LogP contribution in [0.4, 0.5) is 0 Å². The van der Waals surface area contributed by atoms with Gasteiger partial charge in [0.1, 0.15) is 13.2 Å². The zero-order chi connectivity index (χ0) is 15.8. The third-order valence-corrected chi connectivity index (χ3v) is 1.78. The fourth-order valence-electron chi connectivity index (χ4n) is 0.802. The van der Waals surface area contributed by atoms with Gasteiger partial charge in [-0.1, -0.05) is 0 Å². The molecule has 0 rings (SSSR count). The first-order valence-corrected chi connectivity index (χ1v) is 6.13. The zero-order valence-electron chi connectivity index (χ0n) is 12.2. The molecule has 120 valence electrons. The predicted molar refractivity (Wildman–Crippen MR) is 69.9 cm³/mol. The molecule has 0 aliphatic carbocycles. The molecule has 0 saturated carbocycles. The zero-order valence-corrected chi connectivity index (χ0v) is 12.2. The van der Waals surface area contributed by atoms with E-state index >= 15 is 0 Å². The molecule has 2 N–H and O–H groups in total. The number of methoxy groups -OCH3 is 1. The Morgan fingerprint density at radius 2 is 1.50 bits per heavy atom. The van der Waals surface area contributed by atoms with Crippen LogP contribution in [-0.4, -0.2) is 75.0 Å². The van der Waals surface area contributed by atoms with Crippen LogP contribution >= 0.6 is 0 Å². The summed E-state index contributed by atoms with van der Waals surface area (Å²) in [6.45, 7) is 4.95. The van der Waals surface area contributed by atoms with Crippen LogP contribution in [0.3, 0.4) is 0 Å². The Morgan fingerprint density at radius 1 is 1.00 bits per heavy atom. The first-order valence-electron chi connectivity index (χ1n) is 6.13. The van der Waals surface area contributed by atoms with E-state index in [0.717, 1.165) is 0 Å². The summed E-state index contributed by atoms with van der Waals surface area (Å²) in [5.74, 6) is -1.90. The highest BCUT2D eigenvalue weighted by molar-refractivity contribution is 5.68. The Bertz CT molecular complexity index is 244. The molecular weight excluding hydrogens is 272 g/mol. The molecule has 0 saturated heterocycles. The second-order valence-electron chi connectivity index (χ2n) is 3.60. The maximum atomic E-state index is 9.90. The first kappa shape index (κ1) is 21.1. The molecule has 20 heavy (non-hydrogen) atoms. The molecule has 0 aromatic heterocycles. The van der Waals surface area contributed by atoms with Crippen LogP contribution in [0.15, 0.2) is 0 Å². The summed E-state index contributed by atoms with van der Waals surface area (Å²) in [7, 11) is 1.55. The molecule has 0 aromatic rings. The molecule has 0 aromatic carbocycles. The van der Waals surface area contributed by atoms with E-state index in [4.69, 9.17) is 24.4 Å². The van der Waals surface area contributed by atoms with Crippen molar-refractivity contribution in [2.24, 2.45) is 0 Å². The molecular formula is C12H24O8. The molecule has 0 heterocycles. The van der Waals surface area contributed by atoms with Crippen molar-refractivity contribution in [3.05, 3.63) is 0 Å². The number of aliphatic carboxylic acids is 2. The van der Waals surface area contributed by atoms with Crippen molar-refractivity contribution in [3.8, 4) is 0 Å². The van der Waals surface area contributed by atoms with E-state index in [1.54, 1.807) is 7.11 Å². The van der Waals surface area contributed by atoms with E-state index in [9.17, 15) is 9.59 Å². The van der Waals surface area contributed by atoms with E-state index in [2.05, 4.69) is 4.74 Å². The third-order valence-electron chi connectivity index (χ3n) is 1.78. The van der Waals surface area contributed by atoms with Crippen molar-refractivity contribution in [2.75, 3.05) is 46.8 Å². The monoisotopic (exact) mass is 296 g/mol. The predicted octanol–water partition coefficient (Wildman–Crippen LogP) is 0.247. The van der Waals surface area contributed by atoms with Crippen LogP contribution in [0.5, 0.6) is 0 Å². The lowest BCUT2D eigenvalue weighted by Gasteiger charge is -2.07. The quantitative estimate of drug-likeness (QED) is 0.522. The second kappa shape index (κ2) is 15.8. The van der Waals surface area contributed by atoms with Gasteiger partial charge in [-0.3, -0.25) is 0 Å². The molecule has 1 unspecified atom stereocenters. The Labute approximate surface area is 118 Å². The van der Waals surface area contributed by atoms with E-state index in [1.807, 2.05) is 13.8 Å².